The molecule has 0 aromatic heterocycles. The lowest BCUT2D eigenvalue weighted by Crippen LogP contribution is -2.26. The summed E-state index contributed by atoms with van der Waals surface area (Å²) in [7, 11) is 0. The molecule has 0 aliphatic rings. The number of nitrogens with zero attached hydrogens (tertiary/aromatic N) is 1. The third kappa shape index (κ3) is 3.15. The van der Waals surface area contributed by atoms with Crippen molar-refractivity contribution in [3.8, 4) is 12.3 Å². The van der Waals surface area contributed by atoms with E-state index in [4.69, 9.17) is 23.1 Å². The number of benzene rings is 1. The highest BCUT2D eigenvalue weighted by atomic mass is 35.5. The Labute approximate surface area is 106 Å². The molecular formula is C13H14ClNO2. The van der Waals surface area contributed by atoms with E-state index in [0.29, 0.717) is 23.8 Å². The zero-order valence-corrected chi connectivity index (χ0v) is 10.4. The summed E-state index contributed by atoms with van der Waals surface area (Å²) in [5.74, 6) is 1.52. The number of carbonyl (C=O) groups is 1. The van der Waals surface area contributed by atoms with Gasteiger partial charge in [-0.3, -0.25) is 0 Å². The minimum atomic E-state index is -0.999. The van der Waals surface area contributed by atoms with Crippen molar-refractivity contribution in [1.29, 1.82) is 0 Å². The second-order valence-corrected chi connectivity index (χ2v) is 3.97. The van der Waals surface area contributed by atoms with Gasteiger partial charge in [-0.2, -0.15) is 0 Å². The van der Waals surface area contributed by atoms with E-state index >= 15 is 0 Å². The number of para-hydroxylation sites is 1. The monoisotopic (exact) mass is 251 g/mol. The van der Waals surface area contributed by atoms with Gasteiger partial charge in [0.05, 0.1) is 22.8 Å². The minimum absolute atomic E-state index is 0.182. The number of hydrogen-bond acceptors (Lipinski definition) is 2. The molecule has 3 nitrogen and oxygen atoms in total. The van der Waals surface area contributed by atoms with E-state index in [2.05, 4.69) is 5.92 Å². The van der Waals surface area contributed by atoms with Crippen LogP contribution in [0.3, 0.4) is 0 Å². The first-order valence-electron chi connectivity index (χ1n) is 5.32. The fourth-order valence-corrected chi connectivity index (χ4v) is 1.95. The molecule has 17 heavy (non-hydrogen) atoms. The smallest absolute Gasteiger partial charge is 0.337 e. The van der Waals surface area contributed by atoms with Crippen molar-refractivity contribution in [2.24, 2.45) is 0 Å². The quantitative estimate of drug-likeness (QED) is 0.818. The van der Waals surface area contributed by atoms with Gasteiger partial charge in [0.2, 0.25) is 0 Å². The predicted molar refractivity (Wildman–Crippen MR) is 69.7 cm³/mol. The molecule has 0 radical (unpaired) electrons. The van der Waals surface area contributed by atoms with Gasteiger partial charge in [0.25, 0.3) is 0 Å². The van der Waals surface area contributed by atoms with Gasteiger partial charge >= 0.3 is 5.97 Å². The van der Waals surface area contributed by atoms with Crippen LogP contribution in [-0.4, -0.2) is 24.2 Å². The second kappa shape index (κ2) is 6.17. The van der Waals surface area contributed by atoms with Crippen LogP contribution >= 0.6 is 11.6 Å². The number of hydrogen-bond donors (Lipinski definition) is 1. The van der Waals surface area contributed by atoms with Gasteiger partial charge < -0.3 is 10.0 Å². The zero-order chi connectivity index (χ0) is 12.8. The summed E-state index contributed by atoms with van der Waals surface area (Å²) >= 11 is 6.07. The van der Waals surface area contributed by atoms with Gasteiger partial charge in [-0.25, -0.2) is 4.79 Å². The lowest BCUT2D eigenvalue weighted by molar-refractivity contribution is 0.0697. The van der Waals surface area contributed by atoms with E-state index in [1.165, 1.54) is 6.07 Å². The van der Waals surface area contributed by atoms with E-state index in [-0.39, 0.29) is 5.56 Å². The van der Waals surface area contributed by atoms with Crippen molar-refractivity contribution in [2.75, 3.05) is 18.0 Å². The molecule has 0 amide bonds. The number of carboxylic acids is 1. The Morgan fingerprint density at radius 1 is 1.59 bits per heavy atom. The number of terminal acetylenes is 1. The van der Waals surface area contributed by atoms with Gasteiger partial charge in [-0.15, -0.1) is 6.42 Å². The highest BCUT2D eigenvalue weighted by molar-refractivity contribution is 6.34. The Morgan fingerprint density at radius 2 is 2.29 bits per heavy atom. The van der Waals surface area contributed by atoms with Crippen molar-refractivity contribution < 1.29 is 9.90 Å². The molecule has 1 aromatic rings. The first-order valence-corrected chi connectivity index (χ1v) is 5.69. The Balaban J connectivity index is 3.25. The largest absolute Gasteiger partial charge is 0.478 e. The van der Waals surface area contributed by atoms with Gasteiger partial charge in [0.15, 0.2) is 0 Å². The number of carboxylic acid groups (broad SMARTS) is 1. The summed E-state index contributed by atoms with van der Waals surface area (Å²) in [6.45, 7) is 3.02. The first kappa shape index (κ1) is 13.4. The number of halogens is 1. The molecular weight excluding hydrogens is 238 g/mol. The molecule has 90 valence electrons. The fourth-order valence-electron chi connectivity index (χ4n) is 1.66. The molecule has 0 heterocycles. The average Bonchev–Trinajstić information content (AvgIpc) is 2.28. The molecule has 0 saturated carbocycles. The van der Waals surface area contributed by atoms with E-state index < -0.39 is 5.97 Å². The topological polar surface area (TPSA) is 40.5 Å². The maximum absolute atomic E-state index is 11.1. The van der Waals surface area contributed by atoms with Crippen LogP contribution in [0.15, 0.2) is 18.2 Å². The standard InChI is InChI=1S/C13H14ClNO2/c1-3-8-15(9-4-2)12-10(13(16)17)6-5-7-11(12)14/h1,5-7H,4,8-9H2,2H3,(H,16,17). The third-order valence-corrected chi connectivity index (χ3v) is 2.61. The first-order chi connectivity index (χ1) is 8.11. The lowest BCUT2D eigenvalue weighted by Gasteiger charge is -2.24. The van der Waals surface area contributed by atoms with Crippen LogP contribution in [0.4, 0.5) is 5.69 Å². The molecule has 0 aliphatic heterocycles. The molecule has 1 N–H and O–H groups in total. The number of rotatable bonds is 5. The van der Waals surface area contributed by atoms with Crippen molar-refractivity contribution in [1.82, 2.24) is 0 Å². The summed E-state index contributed by atoms with van der Waals surface area (Å²) in [6.07, 6.45) is 6.16. The summed E-state index contributed by atoms with van der Waals surface area (Å²) in [5, 5.41) is 9.55. The molecule has 0 unspecified atom stereocenters. The van der Waals surface area contributed by atoms with Crippen molar-refractivity contribution >= 4 is 23.3 Å². The minimum Gasteiger partial charge on any atom is -0.478 e. The van der Waals surface area contributed by atoms with Crippen LogP contribution in [0.25, 0.3) is 0 Å². The summed E-state index contributed by atoms with van der Waals surface area (Å²) < 4.78 is 0. The van der Waals surface area contributed by atoms with E-state index in [1.54, 1.807) is 12.1 Å². The number of aromatic carboxylic acids is 1. The average molecular weight is 252 g/mol. The molecule has 0 saturated heterocycles. The fraction of sp³-hybridized carbons (Fsp3) is 0.308. The van der Waals surface area contributed by atoms with Gasteiger partial charge in [-0.1, -0.05) is 30.5 Å². The SMILES string of the molecule is C#CCN(CCC)c1c(Cl)cccc1C(=O)O. The Bertz CT molecular complexity index is 451. The molecule has 0 aliphatic carbocycles. The normalized spacial score (nSPS) is 9.71. The molecule has 1 aromatic carbocycles. The maximum atomic E-state index is 11.1. The highest BCUT2D eigenvalue weighted by Gasteiger charge is 2.17. The van der Waals surface area contributed by atoms with Gasteiger partial charge in [-0.05, 0) is 18.6 Å². The van der Waals surface area contributed by atoms with E-state index in [1.807, 2.05) is 11.8 Å². The molecule has 0 atom stereocenters. The Morgan fingerprint density at radius 3 is 2.82 bits per heavy atom. The van der Waals surface area contributed by atoms with E-state index in [9.17, 15) is 4.79 Å². The molecule has 1 rings (SSSR count). The number of anilines is 1. The predicted octanol–water partition coefficient (Wildman–Crippen LogP) is 2.89. The van der Waals surface area contributed by atoms with Crippen LogP contribution in [0.5, 0.6) is 0 Å². The second-order valence-electron chi connectivity index (χ2n) is 3.57. The third-order valence-electron chi connectivity index (χ3n) is 2.31. The molecule has 0 bridgehead atoms. The molecule has 4 heteroatoms. The van der Waals surface area contributed by atoms with Crippen molar-refractivity contribution in [3.63, 3.8) is 0 Å². The molecule has 0 fully saturated rings. The lowest BCUT2D eigenvalue weighted by atomic mass is 10.1. The van der Waals surface area contributed by atoms with Crippen molar-refractivity contribution in [3.05, 3.63) is 28.8 Å². The highest BCUT2D eigenvalue weighted by Crippen LogP contribution is 2.30. The van der Waals surface area contributed by atoms with Gasteiger partial charge in [0.1, 0.15) is 0 Å². The Kier molecular flexibility index (Phi) is 4.86. The summed E-state index contributed by atoms with van der Waals surface area (Å²) in [4.78, 5) is 13.0. The van der Waals surface area contributed by atoms with Crippen LogP contribution in [0.2, 0.25) is 5.02 Å². The maximum Gasteiger partial charge on any atom is 0.337 e. The van der Waals surface area contributed by atoms with Crippen LogP contribution < -0.4 is 4.90 Å². The van der Waals surface area contributed by atoms with Crippen molar-refractivity contribution in [2.45, 2.75) is 13.3 Å². The summed E-state index contributed by atoms with van der Waals surface area (Å²) in [6, 6.07) is 4.82. The Hall–Kier alpha value is -1.66. The van der Waals surface area contributed by atoms with Crippen LogP contribution in [0.1, 0.15) is 23.7 Å². The van der Waals surface area contributed by atoms with E-state index in [0.717, 1.165) is 6.42 Å². The zero-order valence-electron chi connectivity index (χ0n) is 9.61. The van der Waals surface area contributed by atoms with Gasteiger partial charge in [0, 0.05) is 6.54 Å². The van der Waals surface area contributed by atoms with Crippen LogP contribution in [-0.2, 0) is 0 Å². The molecule has 0 spiro atoms. The van der Waals surface area contributed by atoms with Crippen LogP contribution in [0, 0.1) is 12.3 Å². The summed E-state index contributed by atoms with van der Waals surface area (Å²) in [5.41, 5.74) is 0.683.